The maximum absolute atomic E-state index is 11.5. The molecule has 6 heteroatoms. The topological polar surface area (TPSA) is 59.3 Å². The highest BCUT2D eigenvalue weighted by Gasteiger charge is 2.12. The smallest absolute Gasteiger partial charge is 0.169 e. The Morgan fingerprint density at radius 1 is 1.32 bits per heavy atom. The average Bonchev–Trinajstić information content (AvgIpc) is 3.13. The number of aromatic nitrogens is 3. The fraction of sp³-hybridized carbons (Fsp3) is 0.312. The number of carbonyl (C=O) groups excluding carboxylic acids is 1. The van der Waals surface area contributed by atoms with Crippen molar-refractivity contribution < 1.29 is 4.79 Å². The molecule has 3 heterocycles. The lowest BCUT2D eigenvalue weighted by Gasteiger charge is -2.05. The first-order valence-corrected chi connectivity index (χ1v) is 8.20. The third-order valence-corrected chi connectivity index (χ3v) is 4.61. The van der Waals surface area contributed by atoms with E-state index in [1.165, 1.54) is 11.3 Å². The van der Waals surface area contributed by atoms with E-state index in [0.29, 0.717) is 0 Å². The van der Waals surface area contributed by atoms with Crippen LogP contribution in [0, 0.1) is 0 Å². The maximum Gasteiger partial charge on any atom is 0.169 e. The van der Waals surface area contributed by atoms with Gasteiger partial charge in [-0.2, -0.15) is 0 Å². The molecule has 0 aliphatic carbocycles. The van der Waals surface area contributed by atoms with E-state index in [1.54, 1.807) is 13.1 Å². The summed E-state index contributed by atoms with van der Waals surface area (Å²) in [7, 11) is 0. The lowest BCUT2D eigenvalue weighted by molar-refractivity contribution is 0.102. The summed E-state index contributed by atoms with van der Waals surface area (Å²) in [6.45, 7) is 4.65. The molecule has 0 atom stereocenters. The molecule has 3 aromatic heterocycles. The zero-order valence-electron chi connectivity index (χ0n) is 12.7. The second kappa shape index (κ2) is 6.27. The van der Waals surface area contributed by atoms with Crippen LogP contribution in [0.4, 0.5) is 5.82 Å². The third kappa shape index (κ3) is 2.87. The summed E-state index contributed by atoms with van der Waals surface area (Å²) < 4.78 is 1.82. The lowest BCUT2D eigenvalue weighted by Crippen LogP contribution is -2.05. The maximum atomic E-state index is 11.5. The Balaban J connectivity index is 1.95. The molecule has 0 aromatic carbocycles. The minimum absolute atomic E-state index is 0.0833. The van der Waals surface area contributed by atoms with E-state index in [4.69, 9.17) is 0 Å². The lowest BCUT2D eigenvalue weighted by atomic mass is 10.3. The molecule has 114 valence electrons. The summed E-state index contributed by atoms with van der Waals surface area (Å²) in [4.78, 5) is 17.6. The number of ketones is 1. The molecule has 0 unspecified atom stereocenters. The number of fused-ring (bicyclic) bond motifs is 1. The predicted molar refractivity (Wildman–Crippen MR) is 89.7 cm³/mol. The van der Waals surface area contributed by atoms with E-state index in [9.17, 15) is 4.79 Å². The number of unbranched alkanes of at least 4 members (excludes halogenated alkanes) is 1. The number of anilines is 1. The van der Waals surface area contributed by atoms with Crippen molar-refractivity contribution in [2.45, 2.75) is 26.7 Å². The zero-order valence-corrected chi connectivity index (χ0v) is 13.5. The number of hydrogen-bond acceptors (Lipinski definition) is 5. The standard InChI is InChI=1S/C16H18N4OS/c1-3-4-9-17-15-7-8-16-18-10-12(20(16)19-15)14-6-5-13(22-14)11(2)21/h5-8,10H,3-4,9H2,1-2H3,(H,17,19). The number of nitrogens with zero attached hydrogens (tertiary/aromatic N) is 3. The van der Waals surface area contributed by atoms with Gasteiger partial charge in [-0.25, -0.2) is 9.50 Å². The van der Waals surface area contributed by atoms with Crippen LogP contribution in [0.3, 0.4) is 0 Å². The highest BCUT2D eigenvalue weighted by molar-refractivity contribution is 7.17. The van der Waals surface area contributed by atoms with Crippen molar-refractivity contribution in [3.05, 3.63) is 35.3 Å². The molecule has 0 bridgehead atoms. The molecule has 22 heavy (non-hydrogen) atoms. The first kappa shape index (κ1) is 14.7. The second-order valence-electron chi connectivity index (χ2n) is 5.13. The quantitative estimate of drug-likeness (QED) is 0.554. The predicted octanol–water partition coefficient (Wildman–Crippen LogP) is 3.87. The molecule has 5 nitrogen and oxygen atoms in total. The Labute approximate surface area is 133 Å². The van der Waals surface area contributed by atoms with Crippen molar-refractivity contribution in [1.29, 1.82) is 0 Å². The Bertz CT molecular complexity index is 805. The number of imidazole rings is 1. The number of rotatable bonds is 6. The fourth-order valence-corrected chi connectivity index (χ4v) is 3.09. The van der Waals surface area contributed by atoms with Crippen LogP contribution in [-0.4, -0.2) is 26.9 Å². The highest BCUT2D eigenvalue weighted by atomic mass is 32.1. The Hall–Kier alpha value is -2.21. The molecule has 0 amide bonds. The van der Waals surface area contributed by atoms with Gasteiger partial charge in [-0.3, -0.25) is 4.79 Å². The first-order chi connectivity index (χ1) is 10.7. The monoisotopic (exact) mass is 314 g/mol. The highest BCUT2D eigenvalue weighted by Crippen LogP contribution is 2.28. The van der Waals surface area contributed by atoms with E-state index in [-0.39, 0.29) is 5.78 Å². The molecule has 3 aromatic rings. The van der Waals surface area contributed by atoms with Crippen molar-refractivity contribution in [3.63, 3.8) is 0 Å². The number of thiophene rings is 1. The molecule has 0 fully saturated rings. The number of hydrogen-bond donors (Lipinski definition) is 1. The van der Waals surface area contributed by atoms with Crippen LogP contribution in [0.5, 0.6) is 0 Å². The van der Waals surface area contributed by atoms with Crippen LogP contribution < -0.4 is 5.32 Å². The molecule has 0 aliphatic heterocycles. The summed E-state index contributed by atoms with van der Waals surface area (Å²) in [6.07, 6.45) is 4.06. The Morgan fingerprint density at radius 2 is 2.18 bits per heavy atom. The van der Waals surface area contributed by atoms with Gasteiger partial charge in [0, 0.05) is 6.54 Å². The van der Waals surface area contributed by atoms with Gasteiger partial charge in [0.2, 0.25) is 0 Å². The molecule has 0 spiro atoms. The minimum Gasteiger partial charge on any atom is -0.369 e. The number of carbonyl (C=O) groups is 1. The average molecular weight is 314 g/mol. The van der Waals surface area contributed by atoms with Gasteiger partial charge in [-0.15, -0.1) is 16.4 Å². The SMILES string of the molecule is CCCCNc1ccc2ncc(-c3ccc(C(C)=O)s3)n2n1. The zero-order chi connectivity index (χ0) is 15.5. The first-order valence-electron chi connectivity index (χ1n) is 7.39. The number of Topliss-reactive ketones (excluding diaryl/α,β-unsaturated/α-hetero) is 1. The fourth-order valence-electron chi connectivity index (χ4n) is 2.19. The summed E-state index contributed by atoms with van der Waals surface area (Å²) in [6, 6.07) is 7.69. The van der Waals surface area contributed by atoms with Crippen LogP contribution in [0.1, 0.15) is 36.4 Å². The van der Waals surface area contributed by atoms with Gasteiger partial charge in [0.1, 0.15) is 11.5 Å². The molecule has 0 saturated heterocycles. The second-order valence-corrected chi connectivity index (χ2v) is 6.22. The normalized spacial score (nSPS) is 11.0. The molecule has 0 radical (unpaired) electrons. The van der Waals surface area contributed by atoms with Crippen molar-refractivity contribution in [2.75, 3.05) is 11.9 Å². The van der Waals surface area contributed by atoms with Gasteiger partial charge < -0.3 is 5.32 Å². The van der Waals surface area contributed by atoms with Crippen molar-refractivity contribution >= 4 is 28.6 Å². The molecular formula is C16H18N4OS. The minimum atomic E-state index is 0.0833. The van der Waals surface area contributed by atoms with Gasteiger partial charge in [-0.05, 0) is 37.6 Å². The third-order valence-electron chi connectivity index (χ3n) is 3.40. The van der Waals surface area contributed by atoms with Gasteiger partial charge in [0.05, 0.1) is 16.0 Å². The number of nitrogens with one attached hydrogen (secondary N) is 1. The summed E-state index contributed by atoms with van der Waals surface area (Å²) in [5.74, 6) is 0.920. The van der Waals surface area contributed by atoms with Crippen molar-refractivity contribution in [3.8, 4) is 10.6 Å². The van der Waals surface area contributed by atoms with E-state index in [2.05, 4.69) is 22.3 Å². The van der Waals surface area contributed by atoms with E-state index in [0.717, 1.165) is 46.3 Å². The summed E-state index contributed by atoms with van der Waals surface area (Å²) in [5.41, 5.74) is 1.71. The molecule has 3 rings (SSSR count). The van der Waals surface area contributed by atoms with E-state index >= 15 is 0 Å². The summed E-state index contributed by atoms with van der Waals surface area (Å²) >= 11 is 1.47. The summed E-state index contributed by atoms with van der Waals surface area (Å²) in [5, 5.41) is 7.92. The largest absolute Gasteiger partial charge is 0.369 e. The Morgan fingerprint density at radius 3 is 2.91 bits per heavy atom. The van der Waals surface area contributed by atoms with Gasteiger partial charge in [0.25, 0.3) is 0 Å². The molecule has 0 aliphatic rings. The molecule has 1 N–H and O–H groups in total. The van der Waals surface area contributed by atoms with Crippen molar-refractivity contribution in [1.82, 2.24) is 14.6 Å². The van der Waals surface area contributed by atoms with Crippen LogP contribution in [0.25, 0.3) is 16.2 Å². The van der Waals surface area contributed by atoms with E-state index < -0.39 is 0 Å². The van der Waals surface area contributed by atoms with Crippen LogP contribution in [0.15, 0.2) is 30.5 Å². The van der Waals surface area contributed by atoms with Gasteiger partial charge in [-0.1, -0.05) is 13.3 Å². The van der Waals surface area contributed by atoms with Gasteiger partial charge in [0.15, 0.2) is 11.4 Å². The Kier molecular flexibility index (Phi) is 4.20. The molecular weight excluding hydrogens is 296 g/mol. The molecule has 0 saturated carbocycles. The van der Waals surface area contributed by atoms with Crippen LogP contribution in [0.2, 0.25) is 0 Å². The van der Waals surface area contributed by atoms with Crippen molar-refractivity contribution in [2.24, 2.45) is 0 Å². The van der Waals surface area contributed by atoms with Crippen LogP contribution in [-0.2, 0) is 0 Å². The van der Waals surface area contributed by atoms with E-state index in [1.807, 2.05) is 28.8 Å². The van der Waals surface area contributed by atoms with Crippen LogP contribution >= 0.6 is 11.3 Å². The van der Waals surface area contributed by atoms with Gasteiger partial charge >= 0.3 is 0 Å².